The summed E-state index contributed by atoms with van der Waals surface area (Å²) in [6.07, 6.45) is 8.80. The molecule has 2 aromatic carbocycles. The molecule has 0 unspecified atom stereocenters. The van der Waals surface area contributed by atoms with Crippen molar-refractivity contribution in [2.75, 3.05) is 26.3 Å². The first-order valence-corrected chi connectivity index (χ1v) is 14.2. The van der Waals surface area contributed by atoms with E-state index in [2.05, 4.69) is 58.4 Å². The number of rotatable bonds is 8. The quantitative estimate of drug-likeness (QED) is 0.273. The van der Waals surface area contributed by atoms with Gasteiger partial charge in [0.2, 0.25) is 5.89 Å². The Morgan fingerprint density at radius 1 is 0.897 bits per heavy atom. The van der Waals surface area contributed by atoms with E-state index in [0.29, 0.717) is 18.4 Å². The minimum absolute atomic E-state index is 0.0546. The van der Waals surface area contributed by atoms with Crippen LogP contribution < -0.4 is 4.74 Å². The molecule has 39 heavy (non-hydrogen) atoms. The molecule has 2 aromatic heterocycles. The van der Waals surface area contributed by atoms with Crippen LogP contribution in [0.3, 0.4) is 0 Å². The molecule has 1 aliphatic heterocycles. The third-order valence-corrected chi connectivity index (χ3v) is 9.02. The fraction of sp³-hybridized carbons (Fsp3) is 0.394. The predicted octanol–water partition coefficient (Wildman–Crippen LogP) is 6.25. The van der Waals surface area contributed by atoms with Crippen LogP contribution in [-0.4, -0.2) is 41.2 Å². The summed E-state index contributed by atoms with van der Waals surface area (Å²) < 4.78 is 17.4. The molecule has 4 aromatic rings. The lowest BCUT2D eigenvalue weighted by molar-refractivity contribution is 0.0336. The van der Waals surface area contributed by atoms with Crippen LogP contribution in [0.25, 0.3) is 11.5 Å². The molecule has 0 N–H and O–H groups in total. The molecule has 200 valence electrons. The molecule has 7 rings (SSSR count). The van der Waals surface area contributed by atoms with Gasteiger partial charge in [-0.25, -0.2) is 4.98 Å². The first-order chi connectivity index (χ1) is 19.3. The fourth-order valence-electron chi connectivity index (χ4n) is 7.10. The van der Waals surface area contributed by atoms with Crippen molar-refractivity contribution >= 4 is 0 Å². The van der Waals surface area contributed by atoms with Gasteiger partial charge in [-0.05, 0) is 78.6 Å². The van der Waals surface area contributed by atoms with Gasteiger partial charge in [0.05, 0.1) is 24.6 Å². The minimum atomic E-state index is 0.0546. The van der Waals surface area contributed by atoms with E-state index in [1.54, 1.807) is 12.5 Å². The summed E-state index contributed by atoms with van der Waals surface area (Å²) >= 11 is 0. The summed E-state index contributed by atoms with van der Waals surface area (Å²) in [6, 6.07) is 23.7. The van der Waals surface area contributed by atoms with Crippen molar-refractivity contribution in [2.24, 2.45) is 11.8 Å². The minimum Gasteiger partial charge on any atom is -0.487 e. The van der Waals surface area contributed by atoms with Gasteiger partial charge in [0, 0.05) is 36.8 Å². The Kier molecular flexibility index (Phi) is 6.67. The number of ether oxygens (including phenoxy) is 2. The van der Waals surface area contributed by atoms with Crippen LogP contribution in [0.1, 0.15) is 48.2 Å². The zero-order chi connectivity index (χ0) is 26.1. The number of aromatic nitrogens is 2. The van der Waals surface area contributed by atoms with E-state index in [1.807, 2.05) is 18.2 Å². The molecule has 0 radical (unpaired) electrons. The van der Waals surface area contributed by atoms with Gasteiger partial charge in [-0.2, -0.15) is 0 Å². The molecule has 2 saturated carbocycles. The lowest BCUT2D eigenvalue weighted by Crippen LogP contribution is -2.35. The van der Waals surface area contributed by atoms with Crippen molar-refractivity contribution in [3.8, 4) is 17.2 Å². The van der Waals surface area contributed by atoms with Gasteiger partial charge in [-0.1, -0.05) is 36.8 Å². The lowest BCUT2D eigenvalue weighted by Gasteiger charge is -2.39. The maximum atomic E-state index is 6.04. The smallest absolute Gasteiger partial charge is 0.226 e. The highest BCUT2D eigenvalue weighted by Gasteiger charge is 2.52. The van der Waals surface area contributed by atoms with Crippen LogP contribution in [0.2, 0.25) is 0 Å². The van der Waals surface area contributed by atoms with E-state index in [4.69, 9.17) is 18.9 Å². The predicted molar refractivity (Wildman–Crippen MR) is 149 cm³/mol. The average molecular weight is 522 g/mol. The Morgan fingerprint density at radius 2 is 1.69 bits per heavy atom. The summed E-state index contributed by atoms with van der Waals surface area (Å²) in [6.45, 7) is 4.75. The molecule has 1 saturated heterocycles. The summed E-state index contributed by atoms with van der Waals surface area (Å²) in [4.78, 5) is 11.5. The number of hydrogen-bond acceptors (Lipinski definition) is 6. The van der Waals surface area contributed by atoms with Crippen molar-refractivity contribution in [3.63, 3.8) is 0 Å². The van der Waals surface area contributed by atoms with E-state index in [-0.39, 0.29) is 5.41 Å². The molecule has 6 nitrogen and oxygen atoms in total. The molecule has 2 bridgehead atoms. The van der Waals surface area contributed by atoms with Gasteiger partial charge in [0.1, 0.15) is 18.6 Å². The molecule has 6 heteroatoms. The monoisotopic (exact) mass is 521 g/mol. The van der Waals surface area contributed by atoms with Crippen LogP contribution in [0.4, 0.5) is 0 Å². The second-order valence-electron chi connectivity index (χ2n) is 11.3. The highest BCUT2D eigenvalue weighted by atomic mass is 16.5. The highest BCUT2D eigenvalue weighted by Crippen LogP contribution is 2.60. The normalized spacial score (nSPS) is 24.7. The van der Waals surface area contributed by atoms with E-state index in [0.717, 1.165) is 61.5 Å². The van der Waals surface area contributed by atoms with E-state index in [1.165, 1.54) is 36.8 Å². The standard InChI is InChI=1S/C33H35N3O3/c1-2-14-34-29(3-1)22-38-31-12-10-27(11-13-31)33(20-24-4-7-28(33)19-24)26-8-5-25(6-9-26)32-35-30(23-39-32)21-36-15-17-37-18-16-36/h1-3,5-6,8-14,23-24,28H,4,7,15-22H2/t24-,28+,33-/m1/s1. The summed E-state index contributed by atoms with van der Waals surface area (Å²) in [7, 11) is 0. The molecule has 3 heterocycles. The Hall–Kier alpha value is -3.48. The van der Waals surface area contributed by atoms with Crippen molar-refractivity contribution in [1.29, 1.82) is 0 Å². The van der Waals surface area contributed by atoms with Gasteiger partial charge < -0.3 is 13.9 Å². The van der Waals surface area contributed by atoms with Crippen molar-refractivity contribution < 1.29 is 13.9 Å². The maximum absolute atomic E-state index is 6.04. The number of benzene rings is 2. The maximum Gasteiger partial charge on any atom is 0.226 e. The fourth-order valence-corrected chi connectivity index (χ4v) is 7.10. The van der Waals surface area contributed by atoms with Gasteiger partial charge in [0.25, 0.3) is 0 Å². The van der Waals surface area contributed by atoms with E-state index in [9.17, 15) is 0 Å². The number of morpholine rings is 1. The van der Waals surface area contributed by atoms with E-state index >= 15 is 0 Å². The number of pyridine rings is 1. The first-order valence-electron chi connectivity index (χ1n) is 14.2. The zero-order valence-corrected chi connectivity index (χ0v) is 22.3. The molecule has 3 atom stereocenters. The number of hydrogen-bond donors (Lipinski definition) is 0. The Balaban J connectivity index is 1.11. The van der Waals surface area contributed by atoms with Crippen LogP contribution in [0, 0.1) is 11.8 Å². The van der Waals surface area contributed by atoms with Crippen molar-refractivity contribution in [1.82, 2.24) is 14.9 Å². The number of nitrogens with zero attached hydrogens (tertiary/aromatic N) is 3. The number of oxazole rings is 1. The third-order valence-electron chi connectivity index (χ3n) is 9.02. The first kappa shape index (κ1) is 24.6. The second-order valence-corrected chi connectivity index (χ2v) is 11.3. The van der Waals surface area contributed by atoms with Gasteiger partial charge in [-0.3, -0.25) is 9.88 Å². The molecule has 3 aliphatic rings. The third kappa shape index (κ3) is 4.88. The van der Waals surface area contributed by atoms with Crippen molar-refractivity contribution in [2.45, 2.75) is 44.2 Å². The molecular weight excluding hydrogens is 486 g/mol. The van der Waals surface area contributed by atoms with E-state index < -0.39 is 0 Å². The topological polar surface area (TPSA) is 60.6 Å². The highest BCUT2D eigenvalue weighted by molar-refractivity contribution is 5.56. The summed E-state index contributed by atoms with van der Waals surface area (Å²) in [5.41, 5.74) is 5.80. The molecular formula is C33H35N3O3. The Labute approximate surface area is 230 Å². The van der Waals surface area contributed by atoms with Gasteiger partial charge in [-0.15, -0.1) is 0 Å². The summed E-state index contributed by atoms with van der Waals surface area (Å²) in [5, 5.41) is 0. The molecule has 3 fully saturated rings. The molecule has 0 spiro atoms. The van der Waals surface area contributed by atoms with Gasteiger partial charge in [0.15, 0.2) is 0 Å². The van der Waals surface area contributed by atoms with Crippen LogP contribution >= 0.6 is 0 Å². The largest absolute Gasteiger partial charge is 0.487 e. The van der Waals surface area contributed by atoms with Gasteiger partial charge >= 0.3 is 0 Å². The van der Waals surface area contributed by atoms with Crippen LogP contribution in [0.5, 0.6) is 5.75 Å². The zero-order valence-electron chi connectivity index (χ0n) is 22.3. The summed E-state index contributed by atoms with van der Waals surface area (Å²) in [5.74, 6) is 3.07. The average Bonchev–Trinajstić information content (AvgIpc) is 3.75. The van der Waals surface area contributed by atoms with Crippen LogP contribution in [0.15, 0.2) is 83.6 Å². The SMILES string of the molecule is c1ccc(COc2ccc([C@]3(c4ccc(-c5nc(CN6CCOCC6)co5)cc4)C[C@@H]4CC[C@H]3C4)cc2)nc1. The Morgan fingerprint density at radius 3 is 2.38 bits per heavy atom. The van der Waals surface area contributed by atoms with Crippen molar-refractivity contribution in [3.05, 3.63) is 102 Å². The molecule has 2 aliphatic carbocycles. The second kappa shape index (κ2) is 10.6. The molecule has 0 amide bonds. The lowest BCUT2D eigenvalue weighted by atomic mass is 9.64. The van der Waals surface area contributed by atoms with Crippen LogP contribution in [-0.2, 0) is 23.3 Å². The number of fused-ring (bicyclic) bond motifs is 2. The Bertz CT molecular complexity index is 1380.